The topological polar surface area (TPSA) is 52.6 Å². The summed E-state index contributed by atoms with van der Waals surface area (Å²) in [5.74, 6) is -0.176. The Morgan fingerprint density at radius 1 is 0.773 bits per heavy atom. The molecule has 22 heavy (non-hydrogen) atoms. The van der Waals surface area contributed by atoms with Crippen LogP contribution in [-0.4, -0.2) is 25.2 Å². The quantitative estimate of drug-likeness (QED) is 0.454. The summed E-state index contributed by atoms with van der Waals surface area (Å²) in [4.78, 5) is 23.4. The average molecular weight is 306 g/mol. The molecule has 0 amide bonds. The number of carbonyl (C=O) groups is 2. The van der Waals surface area contributed by atoms with Crippen molar-refractivity contribution in [2.75, 3.05) is 13.2 Å². The molecule has 4 nitrogen and oxygen atoms in total. The molecule has 4 atom stereocenters. The van der Waals surface area contributed by atoms with E-state index < -0.39 is 11.9 Å². The molecule has 0 fully saturated rings. The number of ether oxygens (including phenoxy) is 2. The van der Waals surface area contributed by atoms with Crippen LogP contribution in [0.5, 0.6) is 0 Å². The number of carbonyl (C=O) groups excluding carboxylic acids is 2. The first kappa shape index (κ1) is 16.8. The number of hydrogen-bond donors (Lipinski definition) is 0. The lowest BCUT2D eigenvalue weighted by Gasteiger charge is -2.25. The number of esters is 2. The molecule has 0 spiro atoms. The summed E-state index contributed by atoms with van der Waals surface area (Å²) >= 11 is 0. The minimum absolute atomic E-state index is 0.294. The minimum Gasteiger partial charge on any atom is -0.457 e. The molecule has 2 aliphatic carbocycles. The smallest absolute Gasteiger partial charge is 0.417 e. The second kappa shape index (κ2) is 8.16. The predicted octanol–water partition coefficient (Wildman–Crippen LogP) is 3.28. The van der Waals surface area contributed by atoms with Gasteiger partial charge in [0.2, 0.25) is 0 Å². The molecule has 0 unspecified atom stereocenters. The molecule has 0 aliphatic heterocycles. The van der Waals surface area contributed by atoms with E-state index in [1.807, 2.05) is 0 Å². The lowest BCUT2D eigenvalue weighted by atomic mass is 9.85. The molecule has 0 saturated heterocycles. The van der Waals surface area contributed by atoms with Gasteiger partial charge in [-0.1, -0.05) is 38.2 Å². The molecule has 0 aromatic rings. The SMILES string of the molecule is C[C@@H]1CC=CC[C@@H]1COC(=O)C(=O)OC[C@@H]1CC=CC[C@@H]1C. The number of allylic oxidation sites excluding steroid dienone is 4. The van der Waals surface area contributed by atoms with Crippen molar-refractivity contribution in [2.24, 2.45) is 23.7 Å². The molecule has 0 aromatic carbocycles. The van der Waals surface area contributed by atoms with Crippen molar-refractivity contribution in [1.29, 1.82) is 0 Å². The van der Waals surface area contributed by atoms with Gasteiger partial charge < -0.3 is 9.47 Å². The number of hydrogen-bond acceptors (Lipinski definition) is 4. The van der Waals surface area contributed by atoms with Crippen molar-refractivity contribution < 1.29 is 19.1 Å². The zero-order chi connectivity index (χ0) is 15.9. The maximum absolute atomic E-state index is 11.7. The van der Waals surface area contributed by atoms with Gasteiger partial charge in [-0.2, -0.15) is 0 Å². The molecule has 0 saturated carbocycles. The Hall–Kier alpha value is -1.58. The average Bonchev–Trinajstić information content (AvgIpc) is 2.52. The fourth-order valence-electron chi connectivity index (χ4n) is 2.96. The van der Waals surface area contributed by atoms with Gasteiger partial charge >= 0.3 is 11.9 Å². The third-order valence-electron chi connectivity index (χ3n) is 4.86. The molecular weight excluding hydrogens is 280 g/mol. The van der Waals surface area contributed by atoms with Gasteiger partial charge in [-0.05, 0) is 49.4 Å². The van der Waals surface area contributed by atoms with E-state index in [0.717, 1.165) is 25.7 Å². The van der Waals surface area contributed by atoms with Gasteiger partial charge in [0.05, 0.1) is 13.2 Å². The van der Waals surface area contributed by atoms with Crippen molar-refractivity contribution in [3.05, 3.63) is 24.3 Å². The van der Waals surface area contributed by atoms with Crippen LogP contribution in [0.25, 0.3) is 0 Å². The van der Waals surface area contributed by atoms with Crippen LogP contribution in [0, 0.1) is 23.7 Å². The first-order valence-electron chi connectivity index (χ1n) is 8.21. The second-order valence-corrected chi connectivity index (χ2v) is 6.56. The van der Waals surface area contributed by atoms with E-state index in [-0.39, 0.29) is 0 Å². The summed E-state index contributed by atoms with van der Waals surface area (Å²) in [6.07, 6.45) is 12.3. The van der Waals surface area contributed by atoms with Crippen molar-refractivity contribution in [1.82, 2.24) is 0 Å². The first-order chi connectivity index (χ1) is 10.6. The van der Waals surface area contributed by atoms with E-state index in [4.69, 9.17) is 9.47 Å². The monoisotopic (exact) mass is 306 g/mol. The van der Waals surface area contributed by atoms with Crippen molar-refractivity contribution in [3.63, 3.8) is 0 Å². The van der Waals surface area contributed by atoms with Gasteiger partial charge in [0, 0.05) is 0 Å². The Labute approximate surface area is 132 Å². The Morgan fingerprint density at radius 2 is 1.14 bits per heavy atom. The summed E-state index contributed by atoms with van der Waals surface area (Å²) in [5, 5.41) is 0. The third kappa shape index (κ3) is 4.72. The molecule has 122 valence electrons. The van der Waals surface area contributed by atoms with Crippen LogP contribution in [0.1, 0.15) is 39.5 Å². The van der Waals surface area contributed by atoms with E-state index >= 15 is 0 Å². The molecule has 2 rings (SSSR count). The highest BCUT2D eigenvalue weighted by Crippen LogP contribution is 2.26. The van der Waals surface area contributed by atoms with Gasteiger partial charge in [-0.25, -0.2) is 9.59 Å². The van der Waals surface area contributed by atoms with Crippen LogP contribution in [0.15, 0.2) is 24.3 Å². The predicted molar refractivity (Wildman–Crippen MR) is 84.0 cm³/mol. The second-order valence-electron chi connectivity index (χ2n) is 6.56. The maximum Gasteiger partial charge on any atom is 0.417 e. The summed E-state index contributed by atoms with van der Waals surface area (Å²) in [7, 11) is 0. The molecule has 2 aliphatic rings. The van der Waals surface area contributed by atoms with Gasteiger partial charge in [0.15, 0.2) is 0 Å². The van der Waals surface area contributed by atoms with Crippen LogP contribution >= 0.6 is 0 Å². The van der Waals surface area contributed by atoms with Crippen molar-refractivity contribution in [3.8, 4) is 0 Å². The summed E-state index contributed by atoms with van der Waals surface area (Å²) in [6, 6.07) is 0. The fraction of sp³-hybridized carbons (Fsp3) is 0.667. The van der Waals surface area contributed by atoms with E-state index in [0.29, 0.717) is 36.9 Å². The number of rotatable bonds is 4. The molecule has 4 heteroatoms. The van der Waals surface area contributed by atoms with E-state index in [2.05, 4.69) is 38.2 Å². The van der Waals surface area contributed by atoms with Crippen molar-refractivity contribution >= 4 is 11.9 Å². The molecule has 0 radical (unpaired) electrons. The Balaban J connectivity index is 1.69. The Kier molecular flexibility index (Phi) is 6.22. The van der Waals surface area contributed by atoms with Crippen molar-refractivity contribution in [2.45, 2.75) is 39.5 Å². The van der Waals surface area contributed by atoms with E-state index in [9.17, 15) is 9.59 Å². The Morgan fingerprint density at radius 3 is 1.50 bits per heavy atom. The van der Waals surface area contributed by atoms with Crippen LogP contribution in [-0.2, 0) is 19.1 Å². The van der Waals surface area contributed by atoms with Crippen LogP contribution in [0.4, 0.5) is 0 Å². The molecule has 0 heterocycles. The Bertz CT molecular complexity index is 410. The summed E-state index contributed by atoms with van der Waals surface area (Å²) in [6.45, 7) is 4.86. The highest BCUT2D eigenvalue weighted by atomic mass is 16.6. The minimum atomic E-state index is -0.860. The fourth-order valence-corrected chi connectivity index (χ4v) is 2.96. The van der Waals surface area contributed by atoms with Gasteiger partial charge in [-0.3, -0.25) is 0 Å². The van der Waals surface area contributed by atoms with Crippen LogP contribution in [0.3, 0.4) is 0 Å². The highest BCUT2D eigenvalue weighted by Gasteiger charge is 2.25. The first-order valence-corrected chi connectivity index (χ1v) is 8.21. The largest absolute Gasteiger partial charge is 0.457 e. The van der Waals surface area contributed by atoms with Crippen LogP contribution in [0.2, 0.25) is 0 Å². The zero-order valence-electron chi connectivity index (χ0n) is 13.5. The molecule has 0 bridgehead atoms. The van der Waals surface area contributed by atoms with Gasteiger partial charge in [-0.15, -0.1) is 0 Å². The van der Waals surface area contributed by atoms with E-state index in [1.54, 1.807) is 0 Å². The molecule has 0 N–H and O–H groups in total. The normalized spacial score (nSPS) is 30.8. The zero-order valence-corrected chi connectivity index (χ0v) is 13.5. The lowest BCUT2D eigenvalue weighted by Crippen LogP contribution is -2.28. The van der Waals surface area contributed by atoms with E-state index in [1.165, 1.54) is 0 Å². The maximum atomic E-state index is 11.7. The van der Waals surface area contributed by atoms with Gasteiger partial charge in [0.1, 0.15) is 0 Å². The molecule has 0 aromatic heterocycles. The molecular formula is C18H26O4. The van der Waals surface area contributed by atoms with Gasteiger partial charge in [0.25, 0.3) is 0 Å². The highest BCUT2D eigenvalue weighted by molar-refractivity contribution is 6.29. The van der Waals surface area contributed by atoms with Crippen LogP contribution < -0.4 is 0 Å². The third-order valence-corrected chi connectivity index (χ3v) is 4.86. The summed E-state index contributed by atoms with van der Waals surface area (Å²) in [5.41, 5.74) is 0. The lowest BCUT2D eigenvalue weighted by molar-refractivity contribution is -0.169. The summed E-state index contributed by atoms with van der Waals surface area (Å²) < 4.78 is 10.2. The standard InChI is InChI=1S/C18H26O4/c1-13-7-3-5-9-15(13)11-21-17(19)18(20)22-12-16-10-6-4-8-14(16)2/h3-6,13-16H,7-12H2,1-2H3/t13-,14+,15-,16+.